The second kappa shape index (κ2) is 11.0. The average molecular weight is 324 g/mol. The van der Waals surface area contributed by atoms with Crippen molar-refractivity contribution in [2.24, 2.45) is 0 Å². The summed E-state index contributed by atoms with van der Waals surface area (Å²) < 4.78 is 0. The third-order valence-corrected chi connectivity index (χ3v) is 3.87. The monoisotopic (exact) mass is 324 g/mol. The van der Waals surface area contributed by atoms with Crippen LogP contribution in [0, 0.1) is 0 Å². The summed E-state index contributed by atoms with van der Waals surface area (Å²) in [7, 11) is 0. The van der Waals surface area contributed by atoms with Crippen LogP contribution in [0.15, 0.2) is 30.3 Å². The van der Waals surface area contributed by atoms with Crippen LogP contribution in [0.4, 0.5) is 4.79 Å². The van der Waals surface area contributed by atoms with Crippen LogP contribution in [0.2, 0.25) is 0 Å². The van der Waals surface area contributed by atoms with Crippen LogP contribution in [0.3, 0.4) is 0 Å². The van der Waals surface area contributed by atoms with Gasteiger partial charge in [-0.1, -0.05) is 30.3 Å². The Morgan fingerprint density at radius 2 is 2.00 bits per heavy atom. The number of thioether (sulfide) groups is 1. The maximum absolute atomic E-state index is 11.9. The molecule has 0 saturated carbocycles. The van der Waals surface area contributed by atoms with Crippen molar-refractivity contribution < 1.29 is 14.7 Å². The molecule has 0 saturated heterocycles. The van der Waals surface area contributed by atoms with Gasteiger partial charge in [0.25, 0.3) is 0 Å². The first kappa shape index (κ1) is 18.4. The molecule has 1 unspecified atom stereocenters. The number of rotatable bonds is 10. The number of benzene rings is 1. The van der Waals surface area contributed by atoms with Crippen LogP contribution < -0.4 is 10.6 Å². The van der Waals surface area contributed by atoms with E-state index in [2.05, 4.69) is 10.6 Å². The van der Waals surface area contributed by atoms with Gasteiger partial charge in [0, 0.05) is 19.0 Å². The fraction of sp³-hybridized carbons (Fsp3) is 0.500. The van der Waals surface area contributed by atoms with Gasteiger partial charge in [-0.25, -0.2) is 4.79 Å². The van der Waals surface area contributed by atoms with E-state index in [0.717, 1.165) is 17.7 Å². The van der Waals surface area contributed by atoms with E-state index in [-0.39, 0.29) is 18.5 Å². The maximum Gasteiger partial charge on any atom is 0.315 e. The molecule has 0 spiro atoms. The summed E-state index contributed by atoms with van der Waals surface area (Å²) in [5.74, 6) is 0.160. The Balaban J connectivity index is 2.46. The van der Waals surface area contributed by atoms with Crippen LogP contribution in [0.25, 0.3) is 0 Å². The Bertz CT molecular complexity index is 454. The third kappa shape index (κ3) is 8.56. The number of carbonyl (C=O) groups is 2. The van der Waals surface area contributed by atoms with Crippen molar-refractivity contribution in [2.45, 2.75) is 31.7 Å². The zero-order valence-corrected chi connectivity index (χ0v) is 13.7. The summed E-state index contributed by atoms with van der Waals surface area (Å²) in [6.07, 6.45) is 4.05. The lowest BCUT2D eigenvalue weighted by atomic mass is 10.0. The van der Waals surface area contributed by atoms with E-state index in [0.29, 0.717) is 19.4 Å². The number of hydrogen-bond acceptors (Lipinski definition) is 3. The predicted molar refractivity (Wildman–Crippen MR) is 90.3 cm³/mol. The molecule has 1 aromatic carbocycles. The van der Waals surface area contributed by atoms with Gasteiger partial charge in [0.15, 0.2) is 0 Å². The van der Waals surface area contributed by atoms with E-state index in [1.807, 2.05) is 36.6 Å². The third-order valence-electron chi connectivity index (χ3n) is 3.18. The minimum absolute atomic E-state index is 0.0459. The smallest absolute Gasteiger partial charge is 0.315 e. The average Bonchev–Trinajstić information content (AvgIpc) is 2.50. The number of amides is 2. The van der Waals surface area contributed by atoms with E-state index in [1.165, 1.54) is 0 Å². The summed E-state index contributed by atoms with van der Waals surface area (Å²) in [5.41, 5.74) is 1.08. The quantitative estimate of drug-likeness (QED) is 0.578. The Morgan fingerprint density at radius 1 is 1.27 bits per heavy atom. The fourth-order valence-corrected chi connectivity index (χ4v) is 2.51. The highest BCUT2D eigenvalue weighted by Gasteiger charge is 2.14. The first-order valence-corrected chi connectivity index (χ1v) is 8.80. The molecule has 0 fully saturated rings. The van der Waals surface area contributed by atoms with Crippen LogP contribution in [0.1, 0.15) is 24.8 Å². The lowest BCUT2D eigenvalue weighted by molar-refractivity contribution is -0.137. The van der Waals surface area contributed by atoms with Crippen molar-refractivity contribution in [1.82, 2.24) is 10.6 Å². The zero-order chi connectivity index (χ0) is 16.2. The summed E-state index contributed by atoms with van der Waals surface area (Å²) in [5, 5.41) is 14.5. The molecule has 3 N–H and O–H groups in total. The Hall–Kier alpha value is -1.69. The molecule has 0 radical (unpaired) electrons. The standard InChI is InChI=1S/C16H24N2O3S/c1-22-11-5-10-17-16(21)18-14(8-9-15(19)20)12-13-6-3-2-4-7-13/h2-4,6-7,14H,5,8-12H2,1H3,(H,19,20)(H2,17,18,21). The summed E-state index contributed by atoms with van der Waals surface area (Å²) in [6, 6.07) is 9.35. The van der Waals surface area contributed by atoms with E-state index in [9.17, 15) is 9.59 Å². The number of urea groups is 1. The number of carbonyl (C=O) groups excluding carboxylic acids is 1. The summed E-state index contributed by atoms with van der Waals surface area (Å²) in [4.78, 5) is 22.6. The molecule has 0 bridgehead atoms. The van der Waals surface area contributed by atoms with Crippen molar-refractivity contribution in [3.8, 4) is 0 Å². The number of carboxylic acid groups (broad SMARTS) is 1. The highest BCUT2D eigenvalue weighted by Crippen LogP contribution is 2.08. The van der Waals surface area contributed by atoms with Gasteiger partial charge in [0.1, 0.15) is 0 Å². The molecule has 0 heterocycles. The minimum atomic E-state index is -0.847. The molecule has 1 atom stereocenters. The van der Waals surface area contributed by atoms with Gasteiger partial charge in [-0.15, -0.1) is 0 Å². The normalized spacial score (nSPS) is 11.7. The van der Waals surface area contributed by atoms with Gasteiger partial charge >= 0.3 is 12.0 Å². The van der Waals surface area contributed by atoms with Crippen molar-refractivity contribution in [2.75, 3.05) is 18.6 Å². The van der Waals surface area contributed by atoms with Crippen LogP contribution in [-0.2, 0) is 11.2 Å². The summed E-state index contributed by atoms with van der Waals surface area (Å²) in [6.45, 7) is 0.629. The molecule has 1 aromatic rings. The minimum Gasteiger partial charge on any atom is -0.481 e. The number of nitrogens with one attached hydrogen (secondary N) is 2. The van der Waals surface area contributed by atoms with Crippen molar-refractivity contribution in [1.29, 1.82) is 0 Å². The van der Waals surface area contributed by atoms with Crippen LogP contribution >= 0.6 is 11.8 Å². The van der Waals surface area contributed by atoms with Gasteiger partial charge in [0.2, 0.25) is 0 Å². The summed E-state index contributed by atoms with van der Waals surface area (Å²) >= 11 is 1.74. The first-order valence-electron chi connectivity index (χ1n) is 7.41. The molecule has 0 aliphatic carbocycles. The molecular weight excluding hydrogens is 300 g/mol. The van der Waals surface area contributed by atoms with Crippen LogP contribution in [0.5, 0.6) is 0 Å². The highest BCUT2D eigenvalue weighted by atomic mass is 32.2. The van der Waals surface area contributed by atoms with Gasteiger partial charge in [-0.2, -0.15) is 11.8 Å². The molecule has 1 rings (SSSR count). The molecule has 6 heteroatoms. The SMILES string of the molecule is CSCCCNC(=O)NC(CCC(=O)O)Cc1ccccc1. The molecule has 122 valence electrons. The number of aliphatic carboxylic acids is 1. The number of carboxylic acids is 1. The zero-order valence-electron chi connectivity index (χ0n) is 12.9. The molecule has 2 amide bonds. The highest BCUT2D eigenvalue weighted by molar-refractivity contribution is 7.98. The van der Waals surface area contributed by atoms with Crippen molar-refractivity contribution in [3.63, 3.8) is 0 Å². The van der Waals surface area contributed by atoms with Crippen molar-refractivity contribution >= 4 is 23.8 Å². The number of hydrogen-bond donors (Lipinski definition) is 3. The van der Waals surface area contributed by atoms with E-state index in [4.69, 9.17) is 5.11 Å². The first-order chi connectivity index (χ1) is 10.6. The predicted octanol–water partition coefficient (Wildman–Crippen LogP) is 2.51. The van der Waals surface area contributed by atoms with Crippen LogP contribution in [-0.4, -0.2) is 41.7 Å². The Labute approximate surface area is 135 Å². The molecule has 0 aliphatic heterocycles. The lowest BCUT2D eigenvalue weighted by Crippen LogP contribution is -2.43. The van der Waals surface area contributed by atoms with Gasteiger partial charge in [-0.3, -0.25) is 4.79 Å². The second-order valence-electron chi connectivity index (χ2n) is 5.07. The van der Waals surface area contributed by atoms with E-state index >= 15 is 0 Å². The lowest BCUT2D eigenvalue weighted by Gasteiger charge is -2.18. The molecule has 22 heavy (non-hydrogen) atoms. The largest absolute Gasteiger partial charge is 0.481 e. The molecule has 0 aliphatic rings. The topological polar surface area (TPSA) is 78.4 Å². The van der Waals surface area contributed by atoms with Gasteiger partial charge < -0.3 is 15.7 Å². The molecule has 5 nitrogen and oxygen atoms in total. The van der Waals surface area contributed by atoms with Gasteiger partial charge in [0.05, 0.1) is 0 Å². The van der Waals surface area contributed by atoms with Crippen molar-refractivity contribution in [3.05, 3.63) is 35.9 Å². The Morgan fingerprint density at radius 3 is 2.64 bits per heavy atom. The fourth-order valence-electron chi connectivity index (χ4n) is 2.08. The Kier molecular flexibility index (Phi) is 9.14. The second-order valence-corrected chi connectivity index (χ2v) is 6.05. The molecular formula is C16H24N2O3S. The van der Waals surface area contributed by atoms with E-state index in [1.54, 1.807) is 11.8 Å². The molecule has 0 aromatic heterocycles. The maximum atomic E-state index is 11.9. The van der Waals surface area contributed by atoms with E-state index < -0.39 is 5.97 Å². The van der Waals surface area contributed by atoms with Gasteiger partial charge in [-0.05, 0) is 36.8 Å².